The van der Waals surface area contributed by atoms with Crippen molar-refractivity contribution >= 4 is 33.2 Å². The van der Waals surface area contributed by atoms with Crippen molar-refractivity contribution in [1.82, 2.24) is 9.97 Å². The summed E-state index contributed by atoms with van der Waals surface area (Å²) in [5, 5.41) is 3.07. The van der Waals surface area contributed by atoms with E-state index in [4.69, 9.17) is 0 Å². The zero-order valence-corrected chi connectivity index (χ0v) is 17.5. The van der Waals surface area contributed by atoms with Gasteiger partial charge < -0.3 is 10.2 Å². The lowest BCUT2D eigenvalue weighted by Gasteiger charge is -2.14. The van der Waals surface area contributed by atoms with Crippen LogP contribution in [0.3, 0.4) is 0 Å². The first-order chi connectivity index (χ1) is 14.1. The highest BCUT2D eigenvalue weighted by molar-refractivity contribution is 7.91. The summed E-state index contributed by atoms with van der Waals surface area (Å²) >= 11 is 0. The molecule has 2 aromatic carbocycles. The zero-order valence-electron chi connectivity index (χ0n) is 16.6. The molecule has 0 amide bonds. The molecule has 7 nitrogen and oxygen atoms in total. The molecule has 3 aromatic rings. The number of hydrogen-bond donors (Lipinski definition) is 2. The van der Waals surface area contributed by atoms with Crippen molar-refractivity contribution in [3.05, 3.63) is 71.4 Å². The highest BCUT2D eigenvalue weighted by atomic mass is 32.2. The van der Waals surface area contributed by atoms with Gasteiger partial charge in [-0.1, -0.05) is 0 Å². The Kier molecular flexibility index (Phi) is 6.16. The van der Waals surface area contributed by atoms with Crippen molar-refractivity contribution in [3.8, 4) is 0 Å². The van der Waals surface area contributed by atoms with Crippen molar-refractivity contribution in [2.75, 3.05) is 29.0 Å². The lowest BCUT2D eigenvalue weighted by molar-refractivity contribution is 0.579. The first kappa shape index (κ1) is 21.4. The highest BCUT2D eigenvalue weighted by Crippen LogP contribution is 2.20. The number of aromatic nitrogens is 2. The van der Waals surface area contributed by atoms with Gasteiger partial charge in [0.25, 0.3) is 0 Å². The Hall–Kier alpha value is -3.27. The quantitative estimate of drug-likeness (QED) is 0.589. The molecule has 1 heterocycles. The molecular formula is C20H21F2N5O2S. The Balaban J connectivity index is 1.69. The smallest absolute Gasteiger partial charge is 0.236 e. The lowest BCUT2D eigenvalue weighted by Crippen LogP contribution is -2.15. The summed E-state index contributed by atoms with van der Waals surface area (Å²) in [5.41, 5.74) is 1.80. The van der Waals surface area contributed by atoms with E-state index in [2.05, 4.69) is 20.0 Å². The highest BCUT2D eigenvalue weighted by Gasteiger charge is 2.14. The van der Waals surface area contributed by atoms with E-state index in [1.165, 1.54) is 0 Å². The van der Waals surface area contributed by atoms with E-state index >= 15 is 0 Å². The third-order valence-corrected chi connectivity index (χ3v) is 5.25. The Bertz CT molecular complexity index is 1130. The summed E-state index contributed by atoms with van der Waals surface area (Å²) in [6.07, 6.45) is 0. The molecule has 30 heavy (non-hydrogen) atoms. The fourth-order valence-corrected chi connectivity index (χ4v) is 3.89. The van der Waals surface area contributed by atoms with Crippen LogP contribution in [0.5, 0.6) is 0 Å². The molecular weight excluding hydrogens is 412 g/mol. The van der Waals surface area contributed by atoms with Crippen LogP contribution in [0.25, 0.3) is 0 Å². The second-order valence-electron chi connectivity index (χ2n) is 6.93. The number of aryl methyl sites for hydroxylation is 1. The van der Waals surface area contributed by atoms with E-state index < -0.39 is 27.4 Å². The monoisotopic (exact) mass is 433 g/mol. The molecule has 2 N–H and O–H groups in total. The second kappa shape index (κ2) is 8.62. The first-order valence-electron chi connectivity index (χ1n) is 8.95. The van der Waals surface area contributed by atoms with Gasteiger partial charge in [-0.2, -0.15) is 4.98 Å². The van der Waals surface area contributed by atoms with Gasteiger partial charge in [-0.25, -0.2) is 22.2 Å². The average Bonchev–Trinajstić information content (AvgIpc) is 2.61. The number of sulfonamides is 1. The number of nitrogens with zero attached hydrogens (tertiary/aromatic N) is 3. The van der Waals surface area contributed by atoms with Gasteiger partial charge in [-0.3, -0.25) is 4.72 Å². The van der Waals surface area contributed by atoms with Crippen LogP contribution in [0.1, 0.15) is 11.3 Å². The third-order valence-electron chi connectivity index (χ3n) is 3.99. The number of halogens is 2. The molecule has 0 fully saturated rings. The van der Waals surface area contributed by atoms with Gasteiger partial charge in [-0.05, 0) is 48.9 Å². The fraction of sp³-hybridized carbons (Fsp3) is 0.200. The molecule has 158 valence electrons. The maximum absolute atomic E-state index is 13.3. The maximum Gasteiger partial charge on any atom is 0.236 e. The van der Waals surface area contributed by atoms with Crippen molar-refractivity contribution < 1.29 is 17.2 Å². The van der Waals surface area contributed by atoms with Gasteiger partial charge in [0.2, 0.25) is 16.0 Å². The molecule has 0 aliphatic heterocycles. The minimum atomic E-state index is -3.85. The number of benzene rings is 2. The van der Waals surface area contributed by atoms with Crippen molar-refractivity contribution in [3.63, 3.8) is 0 Å². The zero-order chi connectivity index (χ0) is 21.9. The number of nitrogens with one attached hydrogen (secondary N) is 2. The van der Waals surface area contributed by atoms with Crippen LogP contribution < -0.4 is 14.9 Å². The molecule has 0 saturated carbocycles. The van der Waals surface area contributed by atoms with Gasteiger partial charge >= 0.3 is 0 Å². The minimum absolute atomic E-state index is 0.0200. The SMILES string of the molecule is Cc1cc(N(C)C)nc(Nc2ccc(NS(=O)(=O)Cc3cc(F)cc(F)c3)cc2)n1. The van der Waals surface area contributed by atoms with Crippen LogP contribution >= 0.6 is 0 Å². The topological polar surface area (TPSA) is 87.2 Å². The van der Waals surface area contributed by atoms with Crippen LogP contribution in [-0.2, 0) is 15.8 Å². The molecule has 0 unspecified atom stereocenters. The Labute approximate surface area is 173 Å². The first-order valence-corrected chi connectivity index (χ1v) is 10.6. The van der Waals surface area contributed by atoms with E-state index in [0.717, 1.165) is 23.6 Å². The van der Waals surface area contributed by atoms with Gasteiger partial charge in [0.1, 0.15) is 17.5 Å². The molecule has 1 aromatic heterocycles. The van der Waals surface area contributed by atoms with Crippen LogP contribution in [0.2, 0.25) is 0 Å². The van der Waals surface area contributed by atoms with Crippen LogP contribution in [0.4, 0.5) is 31.9 Å². The molecule has 0 atom stereocenters. The number of hydrogen-bond acceptors (Lipinski definition) is 6. The van der Waals surface area contributed by atoms with Gasteiger partial charge in [-0.15, -0.1) is 0 Å². The summed E-state index contributed by atoms with van der Waals surface area (Å²) in [6.45, 7) is 1.86. The predicted molar refractivity (Wildman–Crippen MR) is 113 cm³/mol. The molecule has 0 spiro atoms. The van der Waals surface area contributed by atoms with Crippen LogP contribution in [0, 0.1) is 18.6 Å². The average molecular weight is 433 g/mol. The summed E-state index contributed by atoms with van der Waals surface area (Å²) in [4.78, 5) is 10.6. The number of anilines is 4. The summed E-state index contributed by atoms with van der Waals surface area (Å²) in [5.74, 6) is -1.03. The molecule has 0 bridgehead atoms. The van der Waals surface area contributed by atoms with E-state index in [1.54, 1.807) is 24.3 Å². The largest absolute Gasteiger partial charge is 0.363 e. The van der Waals surface area contributed by atoms with Crippen LogP contribution in [0.15, 0.2) is 48.5 Å². The molecule has 0 saturated heterocycles. The molecule has 3 rings (SSSR count). The van der Waals surface area contributed by atoms with Gasteiger partial charge in [0.15, 0.2) is 0 Å². The van der Waals surface area contributed by atoms with E-state index in [1.807, 2.05) is 32.0 Å². The van der Waals surface area contributed by atoms with Crippen molar-refractivity contribution in [2.24, 2.45) is 0 Å². The predicted octanol–water partition coefficient (Wildman–Crippen LogP) is 3.81. The molecule has 0 aliphatic carbocycles. The number of rotatable bonds is 7. The van der Waals surface area contributed by atoms with Crippen molar-refractivity contribution in [2.45, 2.75) is 12.7 Å². The van der Waals surface area contributed by atoms with Gasteiger partial charge in [0, 0.05) is 43.3 Å². The lowest BCUT2D eigenvalue weighted by atomic mass is 10.2. The molecule has 0 aliphatic rings. The summed E-state index contributed by atoms with van der Waals surface area (Å²) < 4.78 is 53.6. The summed E-state index contributed by atoms with van der Waals surface area (Å²) in [6, 6.07) is 11.0. The van der Waals surface area contributed by atoms with E-state index in [-0.39, 0.29) is 5.56 Å². The van der Waals surface area contributed by atoms with E-state index in [0.29, 0.717) is 23.4 Å². The Morgan fingerprint density at radius 1 is 0.933 bits per heavy atom. The van der Waals surface area contributed by atoms with Crippen molar-refractivity contribution in [1.29, 1.82) is 0 Å². The van der Waals surface area contributed by atoms with Crippen LogP contribution in [-0.4, -0.2) is 32.5 Å². The third kappa shape index (κ3) is 5.86. The normalized spacial score (nSPS) is 11.2. The molecule has 0 radical (unpaired) electrons. The Morgan fingerprint density at radius 3 is 2.13 bits per heavy atom. The standard InChI is InChI=1S/C20H21F2N5O2S/c1-13-8-19(27(2)3)25-20(23-13)24-17-4-6-18(7-5-17)26-30(28,29)12-14-9-15(21)11-16(22)10-14/h4-11,26H,12H2,1-3H3,(H,23,24,25). The van der Waals surface area contributed by atoms with E-state index in [9.17, 15) is 17.2 Å². The fourth-order valence-electron chi connectivity index (χ4n) is 2.72. The minimum Gasteiger partial charge on any atom is -0.363 e. The second-order valence-corrected chi connectivity index (χ2v) is 8.65. The van der Waals surface area contributed by atoms with Gasteiger partial charge in [0.05, 0.1) is 5.75 Å². The molecule has 10 heteroatoms. The maximum atomic E-state index is 13.3. The Morgan fingerprint density at radius 2 is 1.53 bits per heavy atom. The summed E-state index contributed by atoms with van der Waals surface area (Å²) in [7, 11) is -0.0884.